The summed E-state index contributed by atoms with van der Waals surface area (Å²) in [5.74, 6) is -0.490. The molecule has 0 aliphatic heterocycles. The first kappa shape index (κ1) is 15.1. The number of carbonyl (C=O) groups is 3. The van der Waals surface area contributed by atoms with Gasteiger partial charge >= 0.3 is 0 Å². The maximum Gasteiger partial charge on any atom is 0.226 e. The van der Waals surface area contributed by atoms with Crippen LogP contribution in [0.5, 0.6) is 0 Å². The molecule has 0 saturated carbocycles. The average molecular weight is 322 g/mol. The van der Waals surface area contributed by atoms with Gasteiger partial charge in [-0.3, -0.25) is 14.4 Å². The lowest BCUT2D eigenvalue weighted by Crippen LogP contribution is -2.40. The minimum absolute atomic E-state index is 0.0342. The predicted molar refractivity (Wildman–Crippen MR) is 87.9 cm³/mol. The normalized spacial score (nSPS) is 26.3. The van der Waals surface area contributed by atoms with Crippen LogP contribution in [-0.2, 0) is 4.79 Å². The van der Waals surface area contributed by atoms with E-state index in [1.807, 2.05) is 20.8 Å². The first-order valence-electron chi connectivity index (χ1n) is 8.13. The first-order chi connectivity index (χ1) is 11.3. The van der Waals surface area contributed by atoms with Gasteiger partial charge in [-0.2, -0.15) is 0 Å². The lowest BCUT2D eigenvalue weighted by molar-refractivity contribution is -0.111. The van der Waals surface area contributed by atoms with E-state index in [9.17, 15) is 14.4 Å². The van der Waals surface area contributed by atoms with E-state index in [1.165, 1.54) is 5.57 Å². The number of rotatable bonds is 0. The van der Waals surface area contributed by atoms with Gasteiger partial charge in [0, 0.05) is 11.0 Å². The molecule has 0 bridgehead atoms. The molecule has 4 nitrogen and oxygen atoms in total. The molecule has 3 aliphatic carbocycles. The molecule has 0 unspecified atom stereocenters. The van der Waals surface area contributed by atoms with Crippen molar-refractivity contribution < 1.29 is 18.8 Å². The SMILES string of the molecule is CC1=C(C)C2=CC(=O)C3=C(C(=O)c4oc(C)cc4C3=O)[C@@]2(C)CC1. The van der Waals surface area contributed by atoms with Crippen molar-refractivity contribution in [1.29, 1.82) is 0 Å². The molecular weight excluding hydrogens is 304 g/mol. The van der Waals surface area contributed by atoms with Gasteiger partial charge in [0.25, 0.3) is 0 Å². The fraction of sp³-hybridized carbons (Fsp3) is 0.350. The highest BCUT2D eigenvalue weighted by Gasteiger charge is 2.51. The van der Waals surface area contributed by atoms with E-state index in [1.54, 1.807) is 19.1 Å². The summed E-state index contributed by atoms with van der Waals surface area (Å²) in [6.45, 7) is 7.69. The summed E-state index contributed by atoms with van der Waals surface area (Å²) in [6, 6.07) is 1.55. The highest BCUT2D eigenvalue weighted by atomic mass is 16.3. The second-order valence-corrected chi connectivity index (χ2v) is 7.17. The van der Waals surface area contributed by atoms with Gasteiger partial charge in [-0.1, -0.05) is 12.5 Å². The quantitative estimate of drug-likeness (QED) is 0.679. The molecule has 1 atom stereocenters. The maximum atomic E-state index is 13.1. The number of hydrogen-bond acceptors (Lipinski definition) is 4. The summed E-state index contributed by atoms with van der Waals surface area (Å²) in [4.78, 5) is 38.6. The second-order valence-electron chi connectivity index (χ2n) is 7.17. The Morgan fingerprint density at radius 2 is 1.79 bits per heavy atom. The number of aryl methyl sites for hydroxylation is 1. The predicted octanol–water partition coefficient (Wildman–Crippen LogP) is 3.91. The highest BCUT2D eigenvalue weighted by Crippen LogP contribution is 2.53. The monoisotopic (exact) mass is 322 g/mol. The van der Waals surface area contributed by atoms with E-state index in [0.717, 1.165) is 17.6 Å². The summed E-state index contributed by atoms with van der Waals surface area (Å²) >= 11 is 0. The number of fused-ring (bicyclic) bond motifs is 3. The number of allylic oxidation sites excluding steroid dienone is 6. The third-order valence-corrected chi connectivity index (χ3v) is 5.72. The van der Waals surface area contributed by atoms with Crippen molar-refractivity contribution in [2.24, 2.45) is 5.41 Å². The minimum Gasteiger partial charge on any atom is -0.457 e. The van der Waals surface area contributed by atoms with Crippen molar-refractivity contribution in [2.45, 2.75) is 40.5 Å². The van der Waals surface area contributed by atoms with Gasteiger partial charge in [0.15, 0.2) is 11.5 Å². The Kier molecular flexibility index (Phi) is 2.84. The molecule has 0 fully saturated rings. The van der Waals surface area contributed by atoms with Gasteiger partial charge in [0.2, 0.25) is 11.6 Å². The van der Waals surface area contributed by atoms with Crippen LogP contribution >= 0.6 is 0 Å². The van der Waals surface area contributed by atoms with E-state index >= 15 is 0 Å². The van der Waals surface area contributed by atoms with Crippen LogP contribution in [-0.4, -0.2) is 17.3 Å². The van der Waals surface area contributed by atoms with E-state index in [2.05, 4.69) is 0 Å². The van der Waals surface area contributed by atoms with Crippen LogP contribution in [0.4, 0.5) is 0 Å². The van der Waals surface area contributed by atoms with Crippen LogP contribution < -0.4 is 0 Å². The fourth-order valence-corrected chi connectivity index (χ4v) is 4.22. The number of hydrogen-bond donors (Lipinski definition) is 0. The van der Waals surface area contributed by atoms with Crippen molar-refractivity contribution in [2.75, 3.05) is 0 Å². The Balaban J connectivity index is 2.00. The topological polar surface area (TPSA) is 64.3 Å². The second kappa shape index (κ2) is 4.53. The van der Waals surface area contributed by atoms with Crippen molar-refractivity contribution in [1.82, 2.24) is 0 Å². The van der Waals surface area contributed by atoms with E-state index < -0.39 is 5.41 Å². The Bertz CT molecular complexity index is 948. The van der Waals surface area contributed by atoms with E-state index in [-0.39, 0.29) is 34.2 Å². The Labute approximate surface area is 139 Å². The lowest BCUT2D eigenvalue weighted by atomic mass is 9.59. The van der Waals surface area contributed by atoms with Gasteiger partial charge in [0.05, 0.1) is 11.1 Å². The van der Waals surface area contributed by atoms with E-state index in [4.69, 9.17) is 4.42 Å². The van der Waals surface area contributed by atoms with Crippen LogP contribution in [0.1, 0.15) is 60.3 Å². The molecule has 4 rings (SSSR count). The molecule has 3 aliphatic rings. The Hall–Kier alpha value is -2.49. The van der Waals surface area contributed by atoms with Crippen molar-refractivity contribution in [3.8, 4) is 0 Å². The van der Waals surface area contributed by atoms with Crippen LogP contribution in [0.25, 0.3) is 0 Å². The molecule has 0 aromatic carbocycles. The van der Waals surface area contributed by atoms with Crippen LogP contribution in [0.2, 0.25) is 0 Å². The van der Waals surface area contributed by atoms with E-state index in [0.29, 0.717) is 17.8 Å². The molecule has 4 heteroatoms. The minimum atomic E-state index is -0.613. The zero-order chi connectivity index (χ0) is 17.4. The van der Waals surface area contributed by atoms with Crippen LogP contribution in [0, 0.1) is 12.3 Å². The third-order valence-electron chi connectivity index (χ3n) is 5.72. The summed E-state index contributed by atoms with van der Waals surface area (Å²) in [5, 5.41) is 0. The zero-order valence-corrected chi connectivity index (χ0v) is 14.2. The lowest BCUT2D eigenvalue weighted by Gasteiger charge is -2.42. The molecule has 122 valence electrons. The van der Waals surface area contributed by atoms with Crippen LogP contribution in [0.15, 0.2) is 44.4 Å². The average Bonchev–Trinajstić information content (AvgIpc) is 2.92. The summed E-state index contributed by atoms with van der Waals surface area (Å²) < 4.78 is 5.50. The van der Waals surface area contributed by atoms with Gasteiger partial charge in [-0.15, -0.1) is 0 Å². The molecule has 0 saturated heterocycles. The smallest absolute Gasteiger partial charge is 0.226 e. The van der Waals surface area contributed by atoms with Crippen molar-refractivity contribution in [3.63, 3.8) is 0 Å². The maximum absolute atomic E-state index is 13.1. The van der Waals surface area contributed by atoms with Crippen molar-refractivity contribution >= 4 is 17.3 Å². The van der Waals surface area contributed by atoms with Crippen LogP contribution in [0.3, 0.4) is 0 Å². The zero-order valence-electron chi connectivity index (χ0n) is 14.2. The standard InChI is InChI=1S/C20H18O4/c1-9-5-6-20(4)13(11(9)3)8-14(21)15-16(20)18(23)19-12(17(15)22)7-10(2)24-19/h7-8H,5-6H2,1-4H3/t20-/m0/s1. The molecule has 1 heterocycles. The number of carbonyl (C=O) groups excluding carboxylic acids is 3. The number of Topliss-reactive ketones (excluding diaryl/α,β-unsaturated/α-hetero) is 2. The van der Waals surface area contributed by atoms with Gasteiger partial charge < -0.3 is 4.42 Å². The molecule has 24 heavy (non-hydrogen) atoms. The molecule has 0 radical (unpaired) electrons. The molecule has 1 aromatic heterocycles. The molecule has 0 amide bonds. The third kappa shape index (κ3) is 1.66. The van der Waals surface area contributed by atoms with Gasteiger partial charge in [0.1, 0.15) is 5.76 Å². The number of furan rings is 1. The summed E-state index contributed by atoms with van der Waals surface area (Å²) in [5.41, 5.74) is 3.09. The first-order valence-corrected chi connectivity index (χ1v) is 8.13. The molecular formula is C20H18O4. The Morgan fingerprint density at radius 3 is 2.50 bits per heavy atom. The molecule has 0 spiro atoms. The highest BCUT2D eigenvalue weighted by molar-refractivity contribution is 6.39. The number of ketones is 3. The van der Waals surface area contributed by atoms with Gasteiger partial charge in [-0.05, 0) is 56.9 Å². The van der Waals surface area contributed by atoms with Crippen molar-refractivity contribution in [3.05, 3.63) is 57.1 Å². The Morgan fingerprint density at radius 1 is 1.08 bits per heavy atom. The molecule has 1 aromatic rings. The van der Waals surface area contributed by atoms with Gasteiger partial charge in [-0.25, -0.2) is 0 Å². The fourth-order valence-electron chi connectivity index (χ4n) is 4.22. The summed E-state index contributed by atoms with van der Waals surface area (Å²) in [7, 11) is 0. The summed E-state index contributed by atoms with van der Waals surface area (Å²) in [6.07, 6.45) is 3.11. The largest absolute Gasteiger partial charge is 0.457 e. The molecule has 0 N–H and O–H groups in total.